The van der Waals surface area contributed by atoms with E-state index in [0.29, 0.717) is 11.6 Å². The van der Waals surface area contributed by atoms with Crippen molar-refractivity contribution in [2.45, 2.75) is 13.8 Å². The fraction of sp³-hybridized carbons (Fsp3) is 0.120. The van der Waals surface area contributed by atoms with Crippen LogP contribution in [0.4, 0.5) is 0 Å². The zero-order valence-corrected chi connectivity index (χ0v) is 17.5. The highest BCUT2D eigenvalue weighted by molar-refractivity contribution is 6.31. The third-order valence-corrected chi connectivity index (χ3v) is 5.64. The molecule has 0 bridgehead atoms. The van der Waals surface area contributed by atoms with E-state index in [-0.39, 0.29) is 0 Å². The first kappa shape index (κ1) is 18.6. The SMILES string of the molecule is CCOc1ccc2ncc3c(-c4ccccc4)nn(-c4ccc(C)c(Cl)c4)c3c2c1. The molecule has 5 heteroatoms. The number of rotatable bonds is 4. The second kappa shape index (κ2) is 7.47. The van der Waals surface area contributed by atoms with Crippen molar-refractivity contribution < 1.29 is 4.74 Å². The average molecular weight is 414 g/mol. The molecule has 0 aliphatic heterocycles. The molecule has 0 amide bonds. The second-order valence-corrected chi connectivity index (χ2v) is 7.60. The number of ether oxygens (including phenoxy) is 1. The summed E-state index contributed by atoms with van der Waals surface area (Å²) in [4.78, 5) is 4.70. The molecule has 148 valence electrons. The van der Waals surface area contributed by atoms with Gasteiger partial charge in [0.2, 0.25) is 0 Å². The highest BCUT2D eigenvalue weighted by Gasteiger charge is 2.18. The zero-order valence-electron chi connectivity index (χ0n) is 16.8. The Balaban J connectivity index is 1.88. The minimum absolute atomic E-state index is 0.608. The van der Waals surface area contributed by atoms with Gasteiger partial charge in [-0.2, -0.15) is 5.10 Å². The number of pyridine rings is 1. The Labute approximate surface area is 179 Å². The summed E-state index contributed by atoms with van der Waals surface area (Å²) in [5, 5.41) is 7.69. The maximum absolute atomic E-state index is 6.45. The van der Waals surface area contributed by atoms with Gasteiger partial charge >= 0.3 is 0 Å². The monoisotopic (exact) mass is 413 g/mol. The van der Waals surface area contributed by atoms with Crippen molar-refractivity contribution >= 4 is 33.4 Å². The van der Waals surface area contributed by atoms with Crippen LogP contribution in [0.5, 0.6) is 5.75 Å². The summed E-state index contributed by atoms with van der Waals surface area (Å²) in [5.41, 5.74) is 5.75. The molecule has 0 N–H and O–H groups in total. The first-order valence-corrected chi connectivity index (χ1v) is 10.3. The van der Waals surface area contributed by atoms with E-state index >= 15 is 0 Å². The molecule has 4 nitrogen and oxygen atoms in total. The van der Waals surface area contributed by atoms with Gasteiger partial charge in [0.25, 0.3) is 0 Å². The van der Waals surface area contributed by atoms with Crippen LogP contribution < -0.4 is 4.74 Å². The van der Waals surface area contributed by atoms with E-state index in [4.69, 9.17) is 26.4 Å². The van der Waals surface area contributed by atoms with E-state index in [1.54, 1.807) is 0 Å². The molecule has 0 saturated carbocycles. The number of hydrogen-bond donors (Lipinski definition) is 0. The minimum Gasteiger partial charge on any atom is -0.494 e. The first-order valence-electron chi connectivity index (χ1n) is 9.92. The minimum atomic E-state index is 0.608. The van der Waals surface area contributed by atoms with E-state index in [1.165, 1.54) is 0 Å². The average Bonchev–Trinajstić information content (AvgIpc) is 3.17. The topological polar surface area (TPSA) is 39.9 Å². The van der Waals surface area contributed by atoms with Crippen molar-refractivity contribution in [2.75, 3.05) is 6.61 Å². The van der Waals surface area contributed by atoms with Gasteiger partial charge in [0.1, 0.15) is 11.4 Å². The van der Waals surface area contributed by atoms with Crippen molar-refractivity contribution in [3.05, 3.63) is 83.5 Å². The molecule has 0 fully saturated rings. The Morgan fingerprint density at radius 1 is 0.967 bits per heavy atom. The van der Waals surface area contributed by atoms with Crippen molar-refractivity contribution in [2.24, 2.45) is 0 Å². The van der Waals surface area contributed by atoms with Crippen molar-refractivity contribution in [1.29, 1.82) is 0 Å². The molecule has 30 heavy (non-hydrogen) atoms. The van der Waals surface area contributed by atoms with Crippen LogP contribution in [-0.2, 0) is 0 Å². The summed E-state index contributed by atoms with van der Waals surface area (Å²) in [6, 6.07) is 22.2. The number of hydrogen-bond acceptors (Lipinski definition) is 3. The Hall–Kier alpha value is -3.37. The lowest BCUT2D eigenvalue weighted by Crippen LogP contribution is -1.98. The summed E-state index contributed by atoms with van der Waals surface area (Å²) in [7, 11) is 0. The molecular weight excluding hydrogens is 394 g/mol. The summed E-state index contributed by atoms with van der Waals surface area (Å²) in [5.74, 6) is 0.815. The van der Waals surface area contributed by atoms with Gasteiger partial charge in [-0.1, -0.05) is 48.0 Å². The van der Waals surface area contributed by atoms with Gasteiger partial charge < -0.3 is 4.74 Å². The summed E-state index contributed by atoms with van der Waals surface area (Å²) in [6.07, 6.45) is 1.90. The van der Waals surface area contributed by atoms with Crippen LogP contribution >= 0.6 is 11.6 Å². The van der Waals surface area contributed by atoms with Crippen LogP contribution in [0, 0.1) is 6.92 Å². The van der Waals surface area contributed by atoms with Gasteiger partial charge in [-0.05, 0) is 49.7 Å². The van der Waals surface area contributed by atoms with Crippen LogP contribution in [0.1, 0.15) is 12.5 Å². The van der Waals surface area contributed by atoms with Crippen LogP contribution in [0.2, 0.25) is 5.02 Å². The highest BCUT2D eigenvalue weighted by Crippen LogP contribution is 2.35. The Bertz CT molecular complexity index is 1380. The van der Waals surface area contributed by atoms with Gasteiger partial charge in [-0.3, -0.25) is 4.98 Å². The van der Waals surface area contributed by atoms with Gasteiger partial charge in [-0.15, -0.1) is 0 Å². The fourth-order valence-electron chi connectivity index (χ4n) is 3.73. The Morgan fingerprint density at radius 3 is 2.57 bits per heavy atom. The Morgan fingerprint density at radius 2 is 1.80 bits per heavy atom. The molecular formula is C25H20ClN3O. The smallest absolute Gasteiger partial charge is 0.120 e. The van der Waals surface area contributed by atoms with Gasteiger partial charge in [-0.25, -0.2) is 4.68 Å². The predicted octanol–water partition coefficient (Wildman–Crippen LogP) is 6.60. The van der Waals surface area contributed by atoms with E-state index in [1.807, 2.05) is 79.3 Å². The predicted molar refractivity (Wildman–Crippen MR) is 123 cm³/mol. The van der Waals surface area contributed by atoms with Crippen LogP contribution in [0.25, 0.3) is 38.8 Å². The van der Waals surface area contributed by atoms with Gasteiger partial charge in [0, 0.05) is 27.6 Å². The van der Waals surface area contributed by atoms with Gasteiger partial charge in [0.05, 0.1) is 23.3 Å². The zero-order chi connectivity index (χ0) is 20.7. The third kappa shape index (κ3) is 3.10. The third-order valence-electron chi connectivity index (χ3n) is 5.24. The maximum Gasteiger partial charge on any atom is 0.120 e. The molecule has 3 aromatic carbocycles. The lowest BCUT2D eigenvalue weighted by atomic mass is 10.1. The standard InChI is InChI=1S/C25H20ClN3O/c1-3-30-19-11-12-23-20(14-19)25-21(15-27-23)24(17-7-5-4-6-8-17)28-29(25)18-10-9-16(2)22(26)13-18/h4-15H,3H2,1-2H3. The summed E-state index contributed by atoms with van der Waals surface area (Å²) in [6.45, 7) is 4.59. The Kier molecular flexibility index (Phi) is 4.64. The normalized spacial score (nSPS) is 11.3. The van der Waals surface area contributed by atoms with Crippen molar-refractivity contribution in [3.63, 3.8) is 0 Å². The number of halogens is 1. The molecule has 0 aliphatic carbocycles. The maximum atomic E-state index is 6.45. The highest BCUT2D eigenvalue weighted by atomic mass is 35.5. The quantitative estimate of drug-likeness (QED) is 0.333. The molecule has 5 aromatic rings. The lowest BCUT2D eigenvalue weighted by Gasteiger charge is -2.09. The van der Waals surface area contributed by atoms with Gasteiger partial charge in [0.15, 0.2) is 0 Å². The molecule has 2 heterocycles. The van der Waals surface area contributed by atoms with E-state index in [0.717, 1.165) is 50.1 Å². The van der Waals surface area contributed by atoms with Crippen molar-refractivity contribution in [3.8, 4) is 22.7 Å². The van der Waals surface area contributed by atoms with Crippen LogP contribution in [0.3, 0.4) is 0 Å². The number of aromatic nitrogens is 3. The fourth-order valence-corrected chi connectivity index (χ4v) is 3.90. The number of fused-ring (bicyclic) bond motifs is 3. The largest absolute Gasteiger partial charge is 0.494 e. The molecule has 5 rings (SSSR count). The lowest BCUT2D eigenvalue weighted by molar-refractivity contribution is 0.341. The second-order valence-electron chi connectivity index (χ2n) is 7.19. The number of aryl methyl sites for hydroxylation is 1. The molecule has 0 unspecified atom stereocenters. The van der Waals surface area contributed by atoms with Crippen molar-refractivity contribution in [1.82, 2.24) is 14.8 Å². The molecule has 0 aliphatic rings. The van der Waals surface area contributed by atoms with E-state index in [9.17, 15) is 0 Å². The first-order chi connectivity index (χ1) is 14.7. The molecule has 2 aromatic heterocycles. The molecule has 0 radical (unpaired) electrons. The number of benzene rings is 3. The van der Waals surface area contributed by atoms with E-state index in [2.05, 4.69) is 12.1 Å². The summed E-state index contributed by atoms with van der Waals surface area (Å²) < 4.78 is 7.72. The summed E-state index contributed by atoms with van der Waals surface area (Å²) >= 11 is 6.45. The van der Waals surface area contributed by atoms with Crippen LogP contribution in [0.15, 0.2) is 72.9 Å². The number of nitrogens with zero attached hydrogens (tertiary/aromatic N) is 3. The molecule has 0 saturated heterocycles. The molecule has 0 atom stereocenters. The van der Waals surface area contributed by atoms with E-state index < -0.39 is 0 Å². The van der Waals surface area contributed by atoms with Crippen LogP contribution in [-0.4, -0.2) is 21.4 Å². The molecule has 0 spiro atoms.